The molecule has 0 aromatic rings. The third-order valence-electron chi connectivity index (χ3n) is 5.36. The molecule has 2 saturated carbocycles. The molecule has 0 radical (unpaired) electrons. The Morgan fingerprint density at radius 1 is 0.905 bits per heavy atom. The molecule has 6 heteroatoms. The van der Waals surface area contributed by atoms with Gasteiger partial charge in [0.1, 0.15) is 0 Å². The van der Waals surface area contributed by atoms with Crippen LogP contribution in [0, 0.1) is 0 Å². The minimum atomic E-state index is -0.532. The lowest BCUT2D eigenvalue weighted by Gasteiger charge is -2.40. The Balaban J connectivity index is 0.00000110. The molecule has 0 atom stereocenters. The number of nitrogens with zero attached hydrogens (tertiary/aromatic N) is 2. The molecular weight excluding hydrogens is 309 g/mol. The summed E-state index contributed by atoms with van der Waals surface area (Å²) in [5.74, 6) is 0.219. The van der Waals surface area contributed by atoms with Crippen LogP contribution < -0.4 is 5.73 Å². The zero-order valence-electron chi connectivity index (χ0n) is 12.8. The minimum Gasteiger partial charge on any atom is -0.339 e. The molecule has 1 saturated heterocycles. The molecule has 1 amide bonds. The predicted molar refractivity (Wildman–Crippen MR) is 90.3 cm³/mol. The SMILES string of the molecule is Cl.Cl.NC1(C(=O)N2CCN(C3CCCC3)CC2)CCCC1. The number of carbonyl (C=O) groups excluding carboxylic acids is 1. The fraction of sp³-hybridized carbons (Fsp3) is 0.933. The quantitative estimate of drug-likeness (QED) is 0.840. The molecule has 2 N–H and O–H groups in total. The summed E-state index contributed by atoms with van der Waals surface area (Å²) in [6.07, 6.45) is 9.48. The van der Waals surface area contributed by atoms with E-state index in [1.807, 2.05) is 4.90 Å². The maximum absolute atomic E-state index is 12.5. The van der Waals surface area contributed by atoms with Crippen molar-refractivity contribution in [2.45, 2.75) is 62.9 Å². The first-order chi connectivity index (χ1) is 9.19. The van der Waals surface area contributed by atoms with E-state index in [0.717, 1.165) is 57.9 Å². The highest BCUT2D eigenvalue weighted by Crippen LogP contribution is 2.30. The maximum atomic E-state index is 12.5. The van der Waals surface area contributed by atoms with Gasteiger partial charge in [-0.25, -0.2) is 0 Å². The van der Waals surface area contributed by atoms with Crippen LogP contribution in [0.3, 0.4) is 0 Å². The molecule has 2 aliphatic carbocycles. The van der Waals surface area contributed by atoms with Gasteiger partial charge in [-0.15, -0.1) is 24.8 Å². The highest BCUT2D eigenvalue weighted by molar-refractivity contribution is 5.86. The lowest BCUT2D eigenvalue weighted by molar-refractivity contribution is -0.139. The average Bonchev–Trinajstić information content (AvgIpc) is 3.10. The lowest BCUT2D eigenvalue weighted by atomic mass is 9.96. The first-order valence-corrected chi connectivity index (χ1v) is 8.01. The van der Waals surface area contributed by atoms with Crippen LogP contribution in [0.25, 0.3) is 0 Å². The van der Waals surface area contributed by atoms with Gasteiger partial charge in [-0.05, 0) is 25.7 Å². The van der Waals surface area contributed by atoms with Gasteiger partial charge in [0.15, 0.2) is 0 Å². The molecular formula is C15H29Cl2N3O. The average molecular weight is 338 g/mol. The van der Waals surface area contributed by atoms with E-state index in [1.54, 1.807) is 0 Å². The molecule has 124 valence electrons. The van der Waals surface area contributed by atoms with E-state index >= 15 is 0 Å². The zero-order chi connectivity index (χ0) is 13.3. The fourth-order valence-electron chi connectivity index (χ4n) is 4.09. The number of carbonyl (C=O) groups is 1. The maximum Gasteiger partial charge on any atom is 0.242 e. The van der Waals surface area contributed by atoms with E-state index < -0.39 is 5.54 Å². The van der Waals surface area contributed by atoms with Crippen molar-refractivity contribution in [2.75, 3.05) is 26.2 Å². The van der Waals surface area contributed by atoms with Crippen LogP contribution in [0.2, 0.25) is 0 Å². The Kier molecular flexibility index (Phi) is 7.25. The van der Waals surface area contributed by atoms with Gasteiger partial charge in [-0.1, -0.05) is 25.7 Å². The Bertz CT molecular complexity index is 334. The van der Waals surface area contributed by atoms with Crippen molar-refractivity contribution in [1.29, 1.82) is 0 Å². The van der Waals surface area contributed by atoms with Crippen molar-refractivity contribution < 1.29 is 4.79 Å². The molecule has 3 fully saturated rings. The normalized spacial score (nSPS) is 26.2. The fourth-order valence-corrected chi connectivity index (χ4v) is 4.09. The van der Waals surface area contributed by atoms with Gasteiger partial charge < -0.3 is 10.6 Å². The first kappa shape index (κ1) is 19.0. The zero-order valence-corrected chi connectivity index (χ0v) is 14.4. The summed E-state index contributed by atoms with van der Waals surface area (Å²) < 4.78 is 0. The van der Waals surface area contributed by atoms with Crippen LogP contribution in [-0.2, 0) is 4.79 Å². The molecule has 0 unspecified atom stereocenters. The third kappa shape index (κ3) is 4.04. The van der Waals surface area contributed by atoms with Gasteiger partial charge in [0.05, 0.1) is 5.54 Å². The predicted octanol–water partition coefficient (Wildman–Crippen LogP) is 2.19. The van der Waals surface area contributed by atoms with Gasteiger partial charge >= 0.3 is 0 Å². The van der Waals surface area contributed by atoms with E-state index in [1.165, 1.54) is 25.7 Å². The Morgan fingerprint density at radius 3 is 1.95 bits per heavy atom. The molecule has 0 bridgehead atoms. The van der Waals surface area contributed by atoms with Gasteiger partial charge in [0.2, 0.25) is 5.91 Å². The summed E-state index contributed by atoms with van der Waals surface area (Å²) in [5.41, 5.74) is 5.75. The lowest BCUT2D eigenvalue weighted by Crippen LogP contribution is -2.59. The topological polar surface area (TPSA) is 49.6 Å². The molecule has 21 heavy (non-hydrogen) atoms. The van der Waals surface area contributed by atoms with Gasteiger partial charge in [-0.2, -0.15) is 0 Å². The monoisotopic (exact) mass is 337 g/mol. The molecule has 1 aliphatic heterocycles. The second-order valence-electron chi connectivity index (χ2n) is 6.63. The van der Waals surface area contributed by atoms with E-state index in [4.69, 9.17) is 5.73 Å². The van der Waals surface area contributed by atoms with Crippen LogP contribution in [0.5, 0.6) is 0 Å². The van der Waals surface area contributed by atoms with E-state index in [9.17, 15) is 4.79 Å². The second-order valence-corrected chi connectivity index (χ2v) is 6.63. The van der Waals surface area contributed by atoms with Gasteiger partial charge in [0, 0.05) is 32.2 Å². The Labute approximate surface area is 140 Å². The molecule has 0 spiro atoms. The summed E-state index contributed by atoms with van der Waals surface area (Å²) in [5, 5.41) is 0. The van der Waals surface area contributed by atoms with Gasteiger partial charge in [0.25, 0.3) is 0 Å². The molecule has 1 heterocycles. The number of rotatable bonds is 2. The number of amides is 1. The highest BCUT2D eigenvalue weighted by atomic mass is 35.5. The van der Waals surface area contributed by atoms with Crippen molar-refractivity contribution in [3.63, 3.8) is 0 Å². The van der Waals surface area contributed by atoms with Crippen LogP contribution in [0.4, 0.5) is 0 Å². The number of nitrogens with two attached hydrogens (primary N) is 1. The number of piperazine rings is 1. The van der Waals surface area contributed by atoms with Crippen molar-refractivity contribution >= 4 is 30.7 Å². The van der Waals surface area contributed by atoms with Crippen LogP contribution in [0.1, 0.15) is 51.4 Å². The molecule has 0 aromatic carbocycles. The number of hydrogen-bond donors (Lipinski definition) is 1. The van der Waals surface area contributed by atoms with Crippen molar-refractivity contribution in [3.8, 4) is 0 Å². The molecule has 3 rings (SSSR count). The standard InChI is InChI=1S/C15H27N3O.2ClH/c16-15(7-3-4-8-15)14(19)18-11-9-17(10-12-18)13-5-1-2-6-13;;/h13H,1-12,16H2;2*1H. The van der Waals surface area contributed by atoms with Crippen LogP contribution >= 0.6 is 24.8 Å². The van der Waals surface area contributed by atoms with E-state index in [-0.39, 0.29) is 30.7 Å². The summed E-state index contributed by atoms with van der Waals surface area (Å²) in [6, 6.07) is 0.788. The molecule has 4 nitrogen and oxygen atoms in total. The van der Waals surface area contributed by atoms with Gasteiger partial charge in [-0.3, -0.25) is 9.69 Å². The van der Waals surface area contributed by atoms with Crippen LogP contribution in [-0.4, -0.2) is 53.5 Å². The van der Waals surface area contributed by atoms with E-state index in [2.05, 4.69) is 4.90 Å². The molecule has 0 aromatic heterocycles. The molecule has 3 aliphatic rings. The summed E-state index contributed by atoms with van der Waals surface area (Å²) in [7, 11) is 0. The summed E-state index contributed by atoms with van der Waals surface area (Å²) >= 11 is 0. The van der Waals surface area contributed by atoms with Crippen molar-refractivity contribution in [2.24, 2.45) is 5.73 Å². The summed E-state index contributed by atoms with van der Waals surface area (Å²) in [4.78, 5) is 17.1. The van der Waals surface area contributed by atoms with Crippen molar-refractivity contribution in [3.05, 3.63) is 0 Å². The van der Waals surface area contributed by atoms with E-state index in [0.29, 0.717) is 0 Å². The number of halogens is 2. The smallest absolute Gasteiger partial charge is 0.242 e. The number of hydrogen-bond acceptors (Lipinski definition) is 3. The minimum absolute atomic E-state index is 0. The summed E-state index contributed by atoms with van der Waals surface area (Å²) in [6.45, 7) is 3.86. The second kappa shape index (κ2) is 8.00. The van der Waals surface area contributed by atoms with Crippen molar-refractivity contribution in [1.82, 2.24) is 9.80 Å². The first-order valence-electron chi connectivity index (χ1n) is 8.01. The Hall–Kier alpha value is -0.0300. The highest BCUT2D eigenvalue weighted by Gasteiger charge is 2.41. The van der Waals surface area contributed by atoms with Crippen LogP contribution in [0.15, 0.2) is 0 Å². The Morgan fingerprint density at radius 2 is 1.43 bits per heavy atom. The largest absolute Gasteiger partial charge is 0.339 e. The third-order valence-corrected chi connectivity index (χ3v) is 5.36.